The molecule has 1 aliphatic carbocycles. The minimum Gasteiger partial charge on any atom is -0.297 e. The fraction of sp³-hybridized carbons (Fsp3) is 0.304. The van der Waals surface area contributed by atoms with E-state index >= 15 is 0 Å². The first-order valence-corrected chi connectivity index (χ1v) is 9.31. The molecular weight excluding hydrogens is 320 g/mol. The quantitative estimate of drug-likeness (QED) is 0.767. The number of unbranched alkanes of at least 4 members (excludes halogenated alkanes) is 1. The molecule has 0 atom stereocenters. The third-order valence-corrected chi connectivity index (χ3v) is 4.92. The van der Waals surface area contributed by atoms with Crippen molar-refractivity contribution in [1.82, 2.24) is 5.01 Å². The predicted octanol–water partition coefficient (Wildman–Crippen LogP) is 4.19. The second kappa shape index (κ2) is 7.17. The highest BCUT2D eigenvalue weighted by molar-refractivity contribution is 6.13. The Morgan fingerprint density at radius 3 is 2.77 bits per heavy atom. The van der Waals surface area contributed by atoms with Crippen molar-refractivity contribution < 1.29 is 4.79 Å². The molecule has 2 aromatic rings. The fourth-order valence-corrected chi connectivity index (χ4v) is 3.64. The van der Waals surface area contributed by atoms with Crippen LogP contribution in [0.25, 0.3) is 11.1 Å². The van der Waals surface area contributed by atoms with Gasteiger partial charge in [-0.15, -0.1) is 0 Å². The highest BCUT2D eigenvalue weighted by Crippen LogP contribution is 2.34. The molecule has 0 radical (unpaired) electrons. The summed E-state index contributed by atoms with van der Waals surface area (Å²) < 4.78 is 0. The van der Waals surface area contributed by atoms with Gasteiger partial charge in [0, 0.05) is 12.5 Å². The summed E-state index contributed by atoms with van der Waals surface area (Å²) in [6.45, 7) is 2.38. The Labute approximate surface area is 154 Å². The molecule has 0 spiro atoms. The molecule has 0 saturated carbocycles. The molecule has 0 bridgehead atoms. The molecule has 0 saturated heterocycles. The average Bonchev–Trinajstić information content (AvgIpc) is 2.67. The largest absolute Gasteiger partial charge is 0.297 e. The molecule has 1 aliphatic heterocycles. The number of nitrogens with zero attached hydrogens (tertiary/aromatic N) is 2. The van der Waals surface area contributed by atoms with Gasteiger partial charge in [0.25, 0.3) is 0 Å². The molecule has 2 aliphatic rings. The van der Waals surface area contributed by atoms with Crippen LogP contribution in [-0.2, 0) is 17.6 Å². The van der Waals surface area contributed by atoms with E-state index in [0.717, 1.165) is 37.0 Å². The van der Waals surface area contributed by atoms with Crippen LogP contribution in [0.5, 0.6) is 0 Å². The zero-order valence-corrected chi connectivity index (χ0v) is 15.1. The second-order valence-electron chi connectivity index (χ2n) is 6.89. The zero-order chi connectivity index (χ0) is 17.9. The molecule has 130 valence electrons. The van der Waals surface area contributed by atoms with Crippen molar-refractivity contribution in [3.8, 4) is 23.1 Å². The number of hydrogen-bond acceptors (Lipinski definition) is 3. The van der Waals surface area contributed by atoms with E-state index in [0.29, 0.717) is 13.0 Å². The Hall–Kier alpha value is -2.86. The van der Waals surface area contributed by atoms with Crippen molar-refractivity contribution in [2.45, 2.75) is 39.0 Å². The van der Waals surface area contributed by atoms with Gasteiger partial charge in [0.05, 0.1) is 12.1 Å². The van der Waals surface area contributed by atoms with Gasteiger partial charge in [-0.3, -0.25) is 4.79 Å². The topological polar surface area (TPSA) is 32.7 Å². The summed E-state index contributed by atoms with van der Waals surface area (Å²) in [7, 11) is 0. The normalized spacial score (nSPS) is 15.5. The number of ketones is 1. The van der Waals surface area contributed by atoms with Gasteiger partial charge in [0.1, 0.15) is 6.54 Å². The summed E-state index contributed by atoms with van der Waals surface area (Å²) in [6.07, 6.45) is 4.32. The summed E-state index contributed by atoms with van der Waals surface area (Å²) in [5, 5.41) is 6.23. The van der Waals surface area contributed by atoms with E-state index in [1.807, 2.05) is 0 Å². The Balaban J connectivity index is 1.67. The number of hydrogen-bond donors (Lipinski definition) is 0. The SMILES string of the molecule is CCCC#CN1CC(=O)CC(c2ccc3c(c2)CCc2ccccc2-3)=N1. The minimum absolute atomic E-state index is 0.170. The molecule has 0 N–H and O–H groups in total. The van der Waals surface area contributed by atoms with Crippen molar-refractivity contribution in [2.75, 3.05) is 6.54 Å². The lowest BCUT2D eigenvalue weighted by atomic mass is 9.84. The molecule has 3 heteroatoms. The first-order valence-electron chi connectivity index (χ1n) is 9.31. The number of rotatable bonds is 2. The van der Waals surface area contributed by atoms with Gasteiger partial charge in [-0.2, -0.15) is 5.10 Å². The van der Waals surface area contributed by atoms with E-state index in [-0.39, 0.29) is 5.78 Å². The van der Waals surface area contributed by atoms with Gasteiger partial charge in [0.2, 0.25) is 0 Å². The van der Waals surface area contributed by atoms with Gasteiger partial charge in [0.15, 0.2) is 5.78 Å². The Morgan fingerprint density at radius 1 is 1.08 bits per heavy atom. The van der Waals surface area contributed by atoms with Gasteiger partial charge < -0.3 is 0 Å². The fourth-order valence-electron chi connectivity index (χ4n) is 3.64. The molecule has 0 fully saturated rings. The lowest BCUT2D eigenvalue weighted by Crippen LogP contribution is -2.30. The van der Waals surface area contributed by atoms with Crippen molar-refractivity contribution in [3.63, 3.8) is 0 Å². The lowest BCUT2D eigenvalue weighted by Gasteiger charge is -2.22. The summed E-state index contributed by atoms with van der Waals surface area (Å²) in [5.41, 5.74) is 7.25. The summed E-state index contributed by atoms with van der Waals surface area (Å²) in [4.78, 5) is 12.2. The predicted molar refractivity (Wildman–Crippen MR) is 105 cm³/mol. The van der Waals surface area contributed by atoms with Gasteiger partial charge >= 0.3 is 0 Å². The number of carbonyl (C=O) groups excluding carboxylic acids is 1. The number of Topliss-reactive ketones (excluding diaryl/α,β-unsaturated/α-hetero) is 1. The molecular formula is C23H22N2O. The lowest BCUT2D eigenvalue weighted by molar-refractivity contribution is -0.118. The standard InChI is InChI=1S/C23H22N2O/c1-2-3-6-13-25-16-20(26)15-23(24-25)19-11-12-22-18(14-19)10-9-17-7-4-5-8-21(17)22/h4-5,7-8,11-12,14H,2-3,9-10,15-16H2,1H3. The van der Waals surface area contributed by atoms with Crippen LogP contribution in [0.3, 0.4) is 0 Å². The molecule has 1 heterocycles. The van der Waals surface area contributed by atoms with Gasteiger partial charge in [-0.25, -0.2) is 5.01 Å². The zero-order valence-electron chi connectivity index (χ0n) is 15.1. The van der Waals surface area contributed by atoms with Crippen LogP contribution in [0.1, 0.15) is 42.9 Å². The van der Waals surface area contributed by atoms with Crippen molar-refractivity contribution in [1.29, 1.82) is 0 Å². The number of aryl methyl sites for hydroxylation is 2. The van der Waals surface area contributed by atoms with E-state index in [9.17, 15) is 4.79 Å². The molecule has 2 aromatic carbocycles. The van der Waals surface area contributed by atoms with E-state index in [4.69, 9.17) is 0 Å². The van der Waals surface area contributed by atoms with Gasteiger partial charge in [-0.1, -0.05) is 49.2 Å². The maximum Gasteiger partial charge on any atom is 0.161 e. The summed E-state index contributed by atoms with van der Waals surface area (Å²) in [6, 6.07) is 18.1. The third kappa shape index (κ3) is 3.28. The molecule has 4 rings (SSSR count). The Morgan fingerprint density at radius 2 is 1.88 bits per heavy atom. The number of hydrazone groups is 1. The van der Waals surface area contributed by atoms with Crippen LogP contribution in [0.15, 0.2) is 47.6 Å². The van der Waals surface area contributed by atoms with Crippen LogP contribution in [0, 0.1) is 12.0 Å². The first-order chi connectivity index (χ1) is 12.7. The monoisotopic (exact) mass is 342 g/mol. The third-order valence-electron chi connectivity index (χ3n) is 4.92. The highest BCUT2D eigenvalue weighted by Gasteiger charge is 2.21. The maximum absolute atomic E-state index is 12.2. The molecule has 0 aromatic heterocycles. The van der Waals surface area contributed by atoms with Crippen LogP contribution in [0.2, 0.25) is 0 Å². The molecule has 26 heavy (non-hydrogen) atoms. The smallest absolute Gasteiger partial charge is 0.161 e. The minimum atomic E-state index is 0.170. The Bertz CT molecular complexity index is 946. The van der Waals surface area contributed by atoms with Crippen LogP contribution in [-0.4, -0.2) is 23.0 Å². The average molecular weight is 342 g/mol. The number of carbonyl (C=O) groups is 1. The summed E-state index contributed by atoms with van der Waals surface area (Å²) >= 11 is 0. The van der Waals surface area contributed by atoms with Crippen LogP contribution >= 0.6 is 0 Å². The van der Waals surface area contributed by atoms with Crippen LogP contribution < -0.4 is 0 Å². The number of fused-ring (bicyclic) bond motifs is 3. The van der Waals surface area contributed by atoms with Crippen molar-refractivity contribution in [3.05, 3.63) is 59.2 Å². The van der Waals surface area contributed by atoms with E-state index < -0.39 is 0 Å². The molecule has 3 nitrogen and oxygen atoms in total. The number of benzene rings is 2. The first kappa shape index (κ1) is 16.6. The summed E-state index contributed by atoms with van der Waals surface area (Å²) in [5.74, 6) is 3.25. The highest BCUT2D eigenvalue weighted by atomic mass is 16.1. The second-order valence-corrected chi connectivity index (χ2v) is 6.89. The van der Waals surface area contributed by atoms with Crippen molar-refractivity contribution >= 4 is 11.5 Å². The molecule has 0 unspecified atom stereocenters. The van der Waals surface area contributed by atoms with Gasteiger partial charge in [-0.05, 0) is 53.1 Å². The van der Waals surface area contributed by atoms with E-state index in [1.54, 1.807) is 5.01 Å². The van der Waals surface area contributed by atoms with E-state index in [1.165, 1.54) is 22.3 Å². The Kier molecular flexibility index (Phi) is 4.58. The maximum atomic E-state index is 12.2. The van der Waals surface area contributed by atoms with E-state index in [2.05, 4.69) is 66.5 Å². The van der Waals surface area contributed by atoms with Crippen molar-refractivity contribution in [2.24, 2.45) is 5.10 Å². The molecule has 0 amide bonds. The van der Waals surface area contributed by atoms with Crippen LogP contribution in [0.4, 0.5) is 0 Å².